The number of ether oxygens (including phenoxy) is 1. The quantitative estimate of drug-likeness (QED) is 0.821. The second kappa shape index (κ2) is 6.09. The summed E-state index contributed by atoms with van der Waals surface area (Å²) in [5.41, 5.74) is 1.53. The number of para-hydroxylation sites is 1. The first-order valence-electron chi connectivity index (χ1n) is 7.14. The van der Waals surface area contributed by atoms with E-state index in [1.165, 1.54) is 12.8 Å². The van der Waals surface area contributed by atoms with E-state index in [9.17, 15) is 4.79 Å². The van der Waals surface area contributed by atoms with E-state index in [0.29, 0.717) is 18.2 Å². The molecule has 0 atom stereocenters. The molecule has 0 spiro atoms. The number of carbonyl (C=O) groups excluding carboxylic acids is 1. The number of hydrogen-bond acceptors (Lipinski definition) is 3. The minimum absolute atomic E-state index is 0.245. The summed E-state index contributed by atoms with van der Waals surface area (Å²) in [6, 6.07) is 8.08. The second-order valence-corrected chi connectivity index (χ2v) is 5.58. The molecule has 1 N–H and O–H groups in total. The Morgan fingerprint density at radius 2 is 2.05 bits per heavy atom. The number of rotatable bonds is 5. The first-order valence-corrected chi connectivity index (χ1v) is 7.14. The summed E-state index contributed by atoms with van der Waals surface area (Å²) in [4.78, 5) is 11.9. The molecule has 1 aromatic carbocycles. The number of anilines is 1. The van der Waals surface area contributed by atoms with Crippen molar-refractivity contribution in [1.29, 1.82) is 0 Å². The zero-order valence-corrected chi connectivity index (χ0v) is 12.0. The molecule has 1 aromatic rings. The van der Waals surface area contributed by atoms with E-state index in [4.69, 9.17) is 4.74 Å². The summed E-state index contributed by atoms with van der Waals surface area (Å²) < 4.78 is 5.08. The summed E-state index contributed by atoms with van der Waals surface area (Å²) >= 11 is 0. The Morgan fingerprint density at radius 3 is 2.68 bits per heavy atom. The van der Waals surface area contributed by atoms with Crippen molar-refractivity contribution in [3.05, 3.63) is 29.8 Å². The summed E-state index contributed by atoms with van der Waals surface area (Å²) in [6.07, 6.45) is 2.38. The molecule has 0 unspecified atom stereocenters. The minimum Gasteiger partial charge on any atom is -0.462 e. The molecular weight excluding hydrogens is 238 g/mol. The van der Waals surface area contributed by atoms with Crippen LogP contribution in [-0.2, 0) is 4.74 Å². The van der Waals surface area contributed by atoms with Crippen molar-refractivity contribution in [2.75, 3.05) is 11.9 Å². The average molecular weight is 261 g/mol. The van der Waals surface area contributed by atoms with E-state index < -0.39 is 0 Å². The predicted octanol–water partition coefficient (Wildman–Crippen LogP) is 3.71. The molecule has 3 nitrogen and oxygen atoms in total. The zero-order chi connectivity index (χ0) is 13.8. The van der Waals surface area contributed by atoms with E-state index in [1.54, 1.807) is 0 Å². The van der Waals surface area contributed by atoms with Gasteiger partial charge in [-0.05, 0) is 43.7 Å². The van der Waals surface area contributed by atoms with Crippen molar-refractivity contribution >= 4 is 11.7 Å². The first kappa shape index (κ1) is 13.9. The minimum atomic E-state index is -0.245. The maximum absolute atomic E-state index is 11.9. The van der Waals surface area contributed by atoms with Gasteiger partial charge in [0.05, 0.1) is 12.2 Å². The molecule has 0 heterocycles. The van der Waals surface area contributed by atoms with Gasteiger partial charge in [0.2, 0.25) is 0 Å². The second-order valence-electron chi connectivity index (χ2n) is 5.58. The van der Waals surface area contributed by atoms with Crippen molar-refractivity contribution in [3.8, 4) is 0 Å². The molecule has 2 rings (SSSR count). The number of esters is 1. The lowest BCUT2D eigenvalue weighted by atomic mass is 9.73. The van der Waals surface area contributed by atoms with E-state index in [2.05, 4.69) is 19.2 Å². The van der Waals surface area contributed by atoms with E-state index in [1.807, 2.05) is 31.2 Å². The van der Waals surface area contributed by atoms with Gasteiger partial charge in [-0.1, -0.05) is 26.0 Å². The largest absolute Gasteiger partial charge is 0.462 e. The highest BCUT2D eigenvalue weighted by Crippen LogP contribution is 2.36. The van der Waals surface area contributed by atoms with Crippen LogP contribution in [-0.4, -0.2) is 18.6 Å². The van der Waals surface area contributed by atoms with Crippen LogP contribution in [0, 0.1) is 11.8 Å². The standard InChI is InChI=1S/C16H23NO2/c1-4-19-16(18)14-7-5-6-8-15(14)17-13-9-12(10-13)11(2)3/h5-8,11-13,17H,4,9-10H2,1-3H3. The molecule has 0 bridgehead atoms. The van der Waals surface area contributed by atoms with Crippen molar-refractivity contribution in [2.24, 2.45) is 11.8 Å². The highest BCUT2D eigenvalue weighted by atomic mass is 16.5. The van der Waals surface area contributed by atoms with Crippen LogP contribution in [0.4, 0.5) is 5.69 Å². The van der Waals surface area contributed by atoms with Gasteiger partial charge in [-0.3, -0.25) is 0 Å². The Labute approximate surface area is 115 Å². The van der Waals surface area contributed by atoms with Crippen molar-refractivity contribution in [1.82, 2.24) is 0 Å². The normalized spacial score (nSPS) is 21.9. The van der Waals surface area contributed by atoms with Crippen LogP contribution in [0.5, 0.6) is 0 Å². The van der Waals surface area contributed by atoms with Gasteiger partial charge in [0.1, 0.15) is 0 Å². The summed E-state index contributed by atoms with van der Waals surface area (Å²) in [5.74, 6) is 1.32. The number of hydrogen-bond donors (Lipinski definition) is 1. The molecule has 0 amide bonds. The zero-order valence-electron chi connectivity index (χ0n) is 12.0. The van der Waals surface area contributed by atoms with Gasteiger partial charge in [-0.15, -0.1) is 0 Å². The highest BCUT2D eigenvalue weighted by molar-refractivity contribution is 5.95. The van der Waals surface area contributed by atoms with Gasteiger partial charge in [-0.2, -0.15) is 0 Å². The van der Waals surface area contributed by atoms with Crippen molar-refractivity contribution in [2.45, 2.75) is 39.7 Å². The van der Waals surface area contributed by atoms with Gasteiger partial charge in [0, 0.05) is 11.7 Å². The molecular formula is C16H23NO2. The molecule has 0 saturated heterocycles. The summed E-state index contributed by atoms with van der Waals surface area (Å²) in [7, 11) is 0. The molecule has 0 aliphatic heterocycles. The molecule has 19 heavy (non-hydrogen) atoms. The fourth-order valence-corrected chi connectivity index (χ4v) is 2.54. The SMILES string of the molecule is CCOC(=O)c1ccccc1NC1CC(C(C)C)C1. The highest BCUT2D eigenvalue weighted by Gasteiger charge is 2.31. The van der Waals surface area contributed by atoms with Gasteiger partial charge in [-0.25, -0.2) is 4.79 Å². The van der Waals surface area contributed by atoms with E-state index in [-0.39, 0.29) is 5.97 Å². The maximum Gasteiger partial charge on any atom is 0.340 e. The van der Waals surface area contributed by atoms with Crippen LogP contribution in [0.1, 0.15) is 44.0 Å². The molecule has 0 aromatic heterocycles. The Morgan fingerprint density at radius 1 is 1.37 bits per heavy atom. The van der Waals surface area contributed by atoms with Gasteiger partial charge < -0.3 is 10.1 Å². The monoisotopic (exact) mass is 261 g/mol. The van der Waals surface area contributed by atoms with E-state index in [0.717, 1.165) is 17.5 Å². The molecule has 3 heteroatoms. The third-order valence-corrected chi connectivity index (χ3v) is 3.90. The molecule has 1 aliphatic carbocycles. The smallest absolute Gasteiger partial charge is 0.340 e. The average Bonchev–Trinajstić information content (AvgIpc) is 2.33. The Bertz CT molecular complexity index is 436. The molecule has 0 radical (unpaired) electrons. The van der Waals surface area contributed by atoms with E-state index >= 15 is 0 Å². The lowest BCUT2D eigenvalue weighted by molar-refractivity contribution is 0.0527. The first-order chi connectivity index (χ1) is 9.11. The predicted molar refractivity (Wildman–Crippen MR) is 77.4 cm³/mol. The van der Waals surface area contributed by atoms with Crippen LogP contribution in [0.25, 0.3) is 0 Å². The number of carbonyl (C=O) groups is 1. The fourth-order valence-electron chi connectivity index (χ4n) is 2.54. The summed E-state index contributed by atoms with van der Waals surface area (Å²) in [6.45, 7) is 6.78. The van der Waals surface area contributed by atoms with Gasteiger partial charge >= 0.3 is 5.97 Å². The van der Waals surface area contributed by atoms with Crippen LogP contribution in [0.2, 0.25) is 0 Å². The van der Waals surface area contributed by atoms with Gasteiger partial charge in [0.15, 0.2) is 0 Å². The molecule has 104 valence electrons. The van der Waals surface area contributed by atoms with Crippen molar-refractivity contribution < 1.29 is 9.53 Å². The van der Waals surface area contributed by atoms with Gasteiger partial charge in [0.25, 0.3) is 0 Å². The number of benzene rings is 1. The topological polar surface area (TPSA) is 38.3 Å². The maximum atomic E-state index is 11.9. The van der Waals surface area contributed by atoms with Crippen LogP contribution in [0.15, 0.2) is 24.3 Å². The van der Waals surface area contributed by atoms with Crippen LogP contribution in [0.3, 0.4) is 0 Å². The fraction of sp³-hybridized carbons (Fsp3) is 0.562. The molecule has 1 fully saturated rings. The van der Waals surface area contributed by atoms with Crippen molar-refractivity contribution in [3.63, 3.8) is 0 Å². The lowest BCUT2D eigenvalue weighted by Gasteiger charge is -2.39. The van der Waals surface area contributed by atoms with Crippen LogP contribution >= 0.6 is 0 Å². The Hall–Kier alpha value is -1.51. The van der Waals surface area contributed by atoms with Crippen LogP contribution < -0.4 is 5.32 Å². The molecule has 1 aliphatic rings. The Balaban J connectivity index is 1.99. The number of nitrogens with one attached hydrogen (secondary N) is 1. The Kier molecular flexibility index (Phi) is 4.46. The molecule has 1 saturated carbocycles. The summed E-state index contributed by atoms with van der Waals surface area (Å²) in [5, 5.41) is 3.47. The third-order valence-electron chi connectivity index (χ3n) is 3.90. The lowest BCUT2D eigenvalue weighted by Crippen LogP contribution is -2.38. The third kappa shape index (κ3) is 3.28.